The molecule has 2 aromatic carbocycles. The summed E-state index contributed by atoms with van der Waals surface area (Å²) in [6, 6.07) is 8.06. The molecule has 39 heavy (non-hydrogen) atoms. The molecule has 1 atom stereocenters. The minimum absolute atomic E-state index is 0.180. The number of hydrogen-bond donors (Lipinski definition) is 0. The molecule has 0 bridgehead atoms. The zero-order valence-corrected chi connectivity index (χ0v) is 25.3. The summed E-state index contributed by atoms with van der Waals surface area (Å²) in [6.07, 6.45) is 1.75. The molecule has 4 rings (SSSR count). The largest absolute Gasteiger partial charge is 0.493 e. The summed E-state index contributed by atoms with van der Waals surface area (Å²) in [6.45, 7) is 8.30. The van der Waals surface area contributed by atoms with Crippen LogP contribution in [0.3, 0.4) is 0 Å². The first kappa shape index (κ1) is 28.9. The van der Waals surface area contributed by atoms with Gasteiger partial charge in [-0.15, -0.1) is 0 Å². The van der Waals surface area contributed by atoms with E-state index in [0.29, 0.717) is 60.6 Å². The molecule has 11 heteroatoms. The first-order chi connectivity index (χ1) is 18.7. The number of hydrogen-bond acceptors (Lipinski definition) is 8. The van der Waals surface area contributed by atoms with Gasteiger partial charge in [0.1, 0.15) is 5.75 Å². The number of nitrogens with zero attached hydrogens (tertiary/aromatic N) is 2. The predicted molar refractivity (Wildman–Crippen MR) is 155 cm³/mol. The van der Waals surface area contributed by atoms with Crippen LogP contribution in [0.2, 0.25) is 5.02 Å². The van der Waals surface area contributed by atoms with Gasteiger partial charge in [0, 0.05) is 4.47 Å². The van der Waals surface area contributed by atoms with E-state index >= 15 is 0 Å². The Bertz CT molecular complexity index is 1630. The van der Waals surface area contributed by atoms with Crippen molar-refractivity contribution in [2.45, 2.75) is 33.7 Å². The summed E-state index contributed by atoms with van der Waals surface area (Å²) in [7, 11) is 1.55. The highest BCUT2D eigenvalue weighted by molar-refractivity contribution is 9.10. The van der Waals surface area contributed by atoms with Gasteiger partial charge in [0.05, 0.1) is 53.8 Å². The van der Waals surface area contributed by atoms with Gasteiger partial charge in [0.15, 0.2) is 16.3 Å². The van der Waals surface area contributed by atoms with E-state index in [2.05, 4.69) is 20.9 Å². The third-order valence-corrected chi connectivity index (χ3v) is 7.91. The lowest BCUT2D eigenvalue weighted by atomic mass is 9.95. The molecule has 0 fully saturated rings. The number of halogens is 2. The maximum atomic E-state index is 13.9. The van der Waals surface area contributed by atoms with Crippen molar-refractivity contribution in [3.8, 4) is 17.2 Å². The summed E-state index contributed by atoms with van der Waals surface area (Å²) in [4.78, 5) is 32.2. The van der Waals surface area contributed by atoms with Crippen molar-refractivity contribution in [2.24, 2.45) is 4.99 Å². The SMILES string of the molecule is CCOC(=O)C1=C(C)N=c2s/c(=C/c3ccc(OCC)c(Cl)c3)c(=O)n2[C@H]1c1cc(OCC)c(OC)cc1Br. The number of carbonyl (C=O) groups excluding carboxylic acids is 1. The van der Waals surface area contributed by atoms with Crippen molar-refractivity contribution in [3.63, 3.8) is 0 Å². The standard InChI is InChI=1S/C28H28BrClN2O6S/c1-6-36-20-10-9-16(11-19(20)30)12-23-26(33)32-25(17-13-22(37-7-2)21(35-5)14-18(17)29)24(27(34)38-8-3)15(4)31-28(32)39-23/h9-14,25H,6-8H2,1-5H3/b23-12+/t25-/m0/s1. The number of aromatic nitrogens is 1. The summed E-state index contributed by atoms with van der Waals surface area (Å²) in [5.41, 5.74) is 1.80. The van der Waals surface area contributed by atoms with E-state index in [1.54, 1.807) is 51.3 Å². The third-order valence-electron chi connectivity index (χ3n) is 5.95. The Labute approximate surface area is 243 Å². The normalized spacial score (nSPS) is 15.1. The first-order valence-electron chi connectivity index (χ1n) is 12.4. The molecular weight excluding hydrogens is 608 g/mol. The van der Waals surface area contributed by atoms with Crippen molar-refractivity contribution in [2.75, 3.05) is 26.9 Å². The molecule has 1 aliphatic heterocycles. The molecule has 0 radical (unpaired) electrons. The van der Waals surface area contributed by atoms with Crippen LogP contribution in [-0.4, -0.2) is 37.5 Å². The van der Waals surface area contributed by atoms with Gasteiger partial charge in [-0.05, 0) is 69.2 Å². The average molecular weight is 636 g/mol. The van der Waals surface area contributed by atoms with Crippen LogP contribution in [0.5, 0.6) is 17.2 Å². The van der Waals surface area contributed by atoms with E-state index in [4.69, 9.17) is 30.5 Å². The molecule has 0 aliphatic carbocycles. The van der Waals surface area contributed by atoms with Gasteiger partial charge >= 0.3 is 5.97 Å². The molecule has 0 saturated heterocycles. The van der Waals surface area contributed by atoms with E-state index in [1.807, 2.05) is 19.9 Å². The highest BCUT2D eigenvalue weighted by atomic mass is 79.9. The number of methoxy groups -OCH3 is 1. The Hall–Kier alpha value is -3.08. The van der Waals surface area contributed by atoms with Gasteiger partial charge in [0.2, 0.25) is 0 Å². The van der Waals surface area contributed by atoms with Crippen LogP contribution in [0.25, 0.3) is 6.08 Å². The molecule has 2 heterocycles. The van der Waals surface area contributed by atoms with E-state index in [1.165, 1.54) is 15.9 Å². The molecule has 1 aromatic heterocycles. The predicted octanol–water partition coefficient (Wildman–Crippen LogP) is 5.02. The van der Waals surface area contributed by atoms with E-state index in [0.717, 1.165) is 5.56 Å². The van der Waals surface area contributed by atoms with Crippen LogP contribution in [-0.2, 0) is 9.53 Å². The third kappa shape index (κ3) is 5.78. The molecule has 1 aliphatic rings. The lowest BCUT2D eigenvalue weighted by Gasteiger charge is -2.26. The number of ether oxygens (including phenoxy) is 4. The van der Waals surface area contributed by atoms with Crippen LogP contribution in [0.15, 0.2) is 55.9 Å². The highest BCUT2D eigenvalue weighted by Crippen LogP contribution is 2.41. The van der Waals surface area contributed by atoms with Crippen LogP contribution in [0.1, 0.15) is 44.9 Å². The fourth-order valence-corrected chi connectivity index (χ4v) is 6.13. The molecule has 206 valence electrons. The summed E-state index contributed by atoms with van der Waals surface area (Å²) in [5.74, 6) is 1.03. The van der Waals surface area contributed by atoms with Crippen molar-refractivity contribution in [1.82, 2.24) is 4.57 Å². The fraction of sp³-hybridized carbons (Fsp3) is 0.321. The maximum Gasteiger partial charge on any atom is 0.338 e. The van der Waals surface area contributed by atoms with Gasteiger partial charge in [0.25, 0.3) is 5.56 Å². The molecule has 0 amide bonds. The van der Waals surface area contributed by atoms with Crippen LogP contribution >= 0.6 is 38.9 Å². The quantitative estimate of drug-likeness (QED) is 0.307. The fourth-order valence-electron chi connectivity index (χ4n) is 4.30. The van der Waals surface area contributed by atoms with Gasteiger partial charge in [-0.1, -0.05) is 44.9 Å². The summed E-state index contributed by atoms with van der Waals surface area (Å²) >= 11 is 11.2. The number of thiazole rings is 1. The smallest absolute Gasteiger partial charge is 0.338 e. The van der Waals surface area contributed by atoms with Crippen LogP contribution < -0.4 is 29.1 Å². The monoisotopic (exact) mass is 634 g/mol. The van der Waals surface area contributed by atoms with E-state index in [-0.39, 0.29) is 17.7 Å². The average Bonchev–Trinajstić information content (AvgIpc) is 3.20. The zero-order chi connectivity index (χ0) is 28.3. The molecule has 0 unspecified atom stereocenters. The Morgan fingerprint density at radius 2 is 1.82 bits per heavy atom. The van der Waals surface area contributed by atoms with Gasteiger partial charge in [-0.2, -0.15) is 0 Å². The summed E-state index contributed by atoms with van der Waals surface area (Å²) < 4.78 is 24.8. The Kier molecular flexibility index (Phi) is 9.19. The number of esters is 1. The summed E-state index contributed by atoms with van der Waals surface area (Å²) in [5, 5.41) is 0.447. The van der Waals surface area contributed by atoms with Crippen molar-refractivity contribution in [3.05, 3.63) is 81.9 Å². The number of carbonyl (C=O) groups is 1. The molecule has 8 nitrogen and oxygen atoms in total. The van der Waals surface area contributed by atoms with Crippen molar-refractivity contribution in [1.29, 1.82) is 0 Å². The minimum atomic E-state index is -0.814. The molecule has 0 N–H and O–H groups in total. The number of rotatable bonds is 9. The van der Waals surface area contributed by atoms with E-state index < -0.39 is 12.0 Å². The minimum Gasteiger partial charge on any atom is -0.493 e. The van der Waals surface area contributed by atoms with Crippen LogP contribution in [0, 0.1) is 0 Å². The van der Waals surface area contributed by atoms with Gasteiger partial charge in [-0.25, -0.2) is 9.79 Å². The van der Waals surface area contributed by atoms with Crippen LogP contribution in [0.4, 0.5) is 0 Å². The zero-order valence-electron chi connectivity index (χ0n) is 22.2. The Morgan fingerprint density at radius 1 is 1.10 bits per heavy atom. The Morgan fingerprint density at radius 3 is 2.46 bits per heavy atom. The number of fused-ring (bicyclic) bond motifs is 1. The second-order valence-corrected chi connectivity index (χ2v) is 10.7. The molecule has 3 aromatic rings. The lowest BCUT2D eigenvalue weighted by Crippen LogP contribution is -2.40. The molecule has 0 spiro atoms. The Balaban J connectivity index is 1.96. The van der Waals surface area contributed by atoms with Crippen molar-refractivity contribution >= 4 is 50.9 Å². The number of allylic oxidation sites excluding steroid dienone is 1. The first-order valence-corrected chi connectivity index (χ1v) is 14.3. The lowest BCUT2D eigenvalue weighted by molar-refractivity contribution is -0.139. The second kappa shape index (κ2) is 12.4. The topological polar surface area (TPSA) is 88.4 Å². The van der Waals surface area contributed by atoms with Gasteiger partial charge < -0.3 is 18.9 Å². The molecular formula is C28H28BrClN2O6S. The maximum absolute atomic E-state index is 13.9. The van der Waals surface area contributed by atoms with Gasteiger partial charge in [-0.3, -0.25) is 9.36 Å². The number of benzene rings is 2. The highest BCUT2D eigenvalue weighted by Gasteiger charge is 2.35. The van der Waals surface area contributed by atoms with Crippen molar-refractivity contribution < 1.29 is 23.7 Å². The van der Waals surface area contributed by atoms with E-state index in [9.17, 15) is 9.59 Å². The molecule has 0 saturated carbocycles. The second-order valence-electron chi connectivity index (χ2n) is 8.38.